The molecule has 0 N–H and O–H groups in total. The number of nitrogens with zero attached hydrogens (tertiary/aromatic N) is 5. The highest BCUT2D eigenvalue weighted by Gasteiger charge is 2.38. The lowest BCUT2D eigenvalue weighted by Crippen LogP contribution is -2.34. The Balaban J connectivity index is 1.02. The van der Waals surface area contributed by atoms with Crippen molar-refractivity contribution in [3.8, 4) is 56.4 Å². The second kappa shape index (κ2) is 16.2. The second-order valence-corrected chi connectivity index (χ2v) is 20.6. The third-order valence-electron chi connectivity index (χ3n) is 15.3. The van der Waals surface area contributed by atoms with Crippen LogP contribution in [0, 0.1) is 0 Å². The second-order valence-electron chi connectivity index (χ2n) is 20.6. The van der Waals surface area contributed by atoms with E-state index in [4.69, 9.17) is 15.0 Å². The van der Waals surface area contributed by atoms with Gasteiger partial charge >= 0.3 is 0 Å². The molecule has 0 atom stereocenters. The first-order valence-electron chi connectivity index (χ1n) is 24.8. The monoisotopic (exact) mass is 903 g/mol. The van der Waals surface area contributed by atoms with E-state index in [1.807, 2.05) is 0 Å². The van der Waals surface area contributed by atoms with Crippen LogP contribution in [0.1, 0.15) is 70.3 Å². The van der Waals surface area contributed by atoms with Gasteiger partial charge in [-0.1, -0.05) is 192 Å². The lowest BCUT2D eigenvalue weighted by Gasteiger charge is -2.43. The van der Waals surface area contributed by atoms with Gasteiger partial charge in [0.15, 0.2) is 11.6 Å². The summed E-state index contributed by atoms with van der Waals surface area (Å²) in [6.45, 7) is 9.68. The van der Waals surface area contributed by atoms with Crippen molar-refractivity contribution in [2.24, 2.45) is 0 Å². The zero-order chi connectivity index (χ0) is 47.1. The molecule has 13 rings (SSSR count). The van der Waals surface area contributed by atoms with Gasteiger partial charge in [-0.25, -0.2) is 4.98 Å². The van der Waals surface area contributed by atoms with Crippen LogP contribution >= 0.6 is 0 Å². The molecular weight excluding hydrogens is 851 g/mol. The van der Waals surface area contributed by atoms with Gasteiger partial charge in [-0.15, -0.1) is 0 Å². The van der Waals surface area contributed by atoms with E-state index in [1.54, 1.807) is 0 Å². The van der Waals surface area contributed by atoms with Crippen LogP contribution in [0.4, 0.5) is 0 Å². The Kier molecular flexibility index (Phi) is 9.74. The quantitative estimate of drug-likeness (QED) is 0.160. The molecule has 0 spiro atoms. The van der Waals surface area contributed by atoms with Gasteiger partial charge in [0.1, 0.15) is 0 Å². The third kappa shape index (κ3) is 6.86. The Morgan fingerprint density at radius 2 is 1.01 bits per heavy atom. The predicted octanol–water partition coefficient (Wildman–Crippen LogP) is 16.8. The fourth-order valence-electron chi connectivity index (χ4n) is 11.6. The molecule has 3 heterocycles. The summed E-state index contributed by atoms with van der Waals surface area (Å²) in [7, 11) is 0. The topological polar surface area (TPSA) is 48.5 Å². The van der Waals surface area contributed by atoms with E-state index in [2.05, 4.69) is 237 Å². The van der Waals surface area contributed by atoms with Crippen LogP contribution < -0.4 is 0 Å². The van der Waals surface area contributed by atoms with Crippen LogP contribution in [-0.4, -0.2) is 24.1 Å². The van der Waals surface area contributed by atoms with E-state index in [0.717, 1.165) is 68.1 Å². The molecule has 0 fully saturated rings. The van der Waals surface area contributed by atoms with Crippen LogP contribution in [0.2, 0.25) is 0 Å². The largest absolute Gasteiger partial charge is 0.309 e. The van der Waals surface area contributed by atoms with Gasteiger partial charge < -0.3 is 4.57 Å². The predicted molar refractivity (Wildman–Crippen MR) is 292 cm³/mol. The van der Waals surface area contributed by atoms with Crippen molar-refractivity contribution < 1.29 is 0 Å². The number of allylic oxidation sites excluding steroid dienone is 4. The Bertz CT molecular complexity index is 3940. The molecule has 5 heteroatoms. The highest BCUT2D eigenvalue weighted by Crippen LogP contribution is 2.50. The van der Waals surface area contributed by atoms with E-state index < -0.39 is 0 Å². The first kappa shape index (κ1) is 42.0. The van der Waals surface area contributed by atoms with Gasteiger partial charge in [-0.2, -0.15) is 9.97 Å². The summed E-state index contributed by atoms with van der Waals surface area (Å²) >= 11 is 0. The highest BCUT2D eigenvalue weighted by atomic mass is 15.2. The van der Waals surface area contributed by atoms with Crippen molar-refractivity contribution in [1.82, 2.24) is 24.1 Å². The molecule has 0 saturated carbocycles. The van der Waals surface area contributed by atoms with Crippen LogP contribution in [0.5, 0.6) is 0 Å². The smallest absolute Gasteiger partial charge is 0.238 e. The Hall–Kier alpha value is -8.15. The molecule has 0 saturated heterocycles. The number of hydrogen-bond donors (Lipinski definition) is 0. The van der Waals surface area contributed by atoms with Crippen molar-refractivity contribution in [1.29, 1.82) is 0 Å². The Morgan fingerprint density at radius 1 is 0.429 bits per heavy atom. The minimum Gasteiger partial charge on any atom is -0.309 e. The number of fused-ring (bicyclic) bond motifs is 7. The van der Waals surface area contributed by atoms with E-state index in [1.165, 1.54) is 62.6 Å². The molecule has 3 aromatic heterocycles. The molecule has 0 amide bonds. The Morgan fingerprint density at radius 3 is 1.77 bits per heavy atom. The molecule has 0 unspecified atom stereocenters. The normalized spacial score (nSPS) is 15.2. The van der Waals surface area contributed by atoms with Crippen molar-refractivity contribution in [2.75, 3.05) is 0 Å². The lowest BCUT2D eigenvalue weighted by molar-refractivity contribution is 0.333. The number of para-hydroxylation sites is 3. The maximum atomic E-state index is 5.37. The van der Waals surface area contributed by atoms with Crippen molar-refractivity contribution in [2.45, 2.75) is 64.2 Å². The fourth-order valence-corrected chi connectivity index (χ4v) is 11.6. The summed E-state index contributed by atoms with van der Waals surface area (Å²) in [5.41, 5.74) is 18.0. The third-order valence-corrected chi connectivity index (χ3v) is 15.3. The lowest BCUT2D eigenvalue weighted by atomic mass is 9.61. The van der Waals surface area contributed by atoms with E-state index in [-0.39, 0.29) is 10.8 Å². The van der Waals surface area contributed by atoms with Gasteiger partial charge in [-0.05, 0) is 117 Å². The van der Waals surface area contributed by atoms with Gasteiger partial charge in [0, 0.05) is 32.7 Å². The minimum absolute atomic E-state index is 0.0786. The number of aromatic nitrogens is 5. The SMILES string of the molecule is CC1(C)CCC(C)(C)c2c(-c3cccc(-c4ccccc4-n4c5ccccc5c5cc6c7ccccc7n(-c7nc(C8=CC=CCC8)nc(-c8ccc(-c9ccccc9)cc8)n7)c6cc54)c3)cccc21. The van der Waals surface area contributed by atoms with Crippen LogP contribution in [0.3, 0.4) is 0 Å². The van der Waals surface area contributed by atoms with Gasteiger partial charge in [0.2, 0.25) is 5.95 Å². The highest BCUT2D eigenvalue weighted by molar-refractivity contribution is 6.19. The van der Waals surface area contributed by atoms with Gasteiger partial charge in [-0.3, -0.25) is 4.57 Å². The average Bonchev–Trinajstić information content (AvgIpc) is 3.91. The maximum Gasteiger partial charge on any atom is 0.238 e. The molecule has 338 valence electrons. The van der Waals surface area contributed by atoms with E-state index >= 15 is 0 Å². The van der Waals surface area contributed by atoms with E-state index in [0.29, 0.717) is 17.6 Å². The average molecular weight is 904 g/mol. The maximum absolute atomic E-state index is 5.37. The van der Waals surface area contributed by atoms with Crippen LogP contribution in [0.15, 0.2) is 200 Å². The summed E-state index contributed by atoms with van der Waals surface area (Å²) in [4.78, 5) is 15.9. The van der Waals surface area contributed by atoms with Crippen LogP contribution in [-0.2, 0) is 10.8 Å². The Labute approximate surface area is 409 Å². The molecule has 11 aromatic rings. The first-order valence-corrected chi connectivity index (χ1v) is 24.8. The zero-order valence-corrected chi connectivity index (χ0v) is 40.1. The number of benzene rings is 8. The summed E-state index contributed by atoms with van der Waals surface area (Å²) in [6.07, 6.45) is 10.7. The van der Waals surface area contributed by atoms with Gasteiger partial charge in [0.05, 0.1) is 27.8 Å². The first-order chi connectivity index (χ1) is 34.2. The summed E-state index contributed by atoms with van der Waals surface area (Å²) in [6, 6.07) is 66.5. The summed E-state index contributed by atoms with van der Waals surface area (Å²) in [5.74, 6) is 1.95. The molecule has 5 nitrogen and oxygen atoms in total. The number of hydrogen-bond acceptors (Lipinski definition) is 3. The minimum atomic E-state index is 0.0786. The summed E-state index contributed by atoms with van der Waals surface area (Å²) in [5, 5.41) is 4.71. The molecule has 70 heavy (non-hydrogen) atoms. The number of rotatable bonds is 7. The molecule has 0 aliphatic heterocycles. The molecule has 8 aromatic carbocycles. The molecule has 2 aliphatic carbocycles. The standard InChI is InChI=1S/C65H53N5/c1-64(2)37-38-65(3,4)60-49(28-18-29-54(60)64)47-24-17-23-46(39-47)48-25-11-14-30-55(48)69-56-31-15-12-26-50(56)52-40-53-51-27-13-16-32-57(51)70(59(53)41-58(52)69)63-67-61(44-21-9-6-10-22-44)66-62(68-63)45-35-33-43(34-36-45)42-19-7-5-8-20-42/h5-9,11-21,23-36,39-41H,10,22,37-38H2,1-4H3. The molecular formula is C65H53N5. The molecule has 2 aliphatic rings. The van der Waals surface area contributed by atoms with Crippen molar-refractivity contribution in [3.05, 3.63) is 217 Å². The van der Waals surface area contributed by atoms with Crippen molar-refractivity contribution in [3.63, 3.8) is 0 Å². The molecule has 0 bridgehead atoms. The van der Waals surface area contributed by atoms with Crippen LogP contribution in [0.25, 0.3) is 106 Å². The van der Waals surface area contributed by atoms with Crippen molar-refractivity contribution >= 4 is 49.2 Å². The zero-order valence-electron chi connectivity index (χ0n) is 40.1. The van der Waals surface area contributed by atoms with Gasteiger partial charge in [0.25, 0.3) is 0 Å². The molecule has 0 radical (unpaired) electrons. The fraction of sp³-hybridized carbons (Fsp3) is 0.154. The summed E-state index contributed by atoms with van der Waals surface area (Å²) < 4.78 is 4.74. The van der Waals surface area contributed by atoms with E-state index in [9.17, 15) is 0 Å².